The van der Waals surface area contributed by atoms with Gasteiger partial charge in [0.05, 0.1) is 0 Å². The zero-order valence-corrected chi connectivity index (χ0v) is 14.9. The average molecular weight is 396 g/mol. The first kappa shape index (κ1) is 19.8. The highest BCUT2D eigenvalue weighted by Gasteiger charge is 2.48. The summed E-state index contributed by atoms with van der Waals surface area (Å²) in [4.78, 5) is 47.2. The Morgan fingerprint density at radius 1 is 0.586 bits per heavy atom. The molecule has 0 atom stereocenters. The molecule has 0 bridgehead atoms. The number of carboxylic acid groups (broad SMARTS) is 4. The summed E-state index contributed by atoms with van der Waals surface area (Å²) in [7, 11) is 0. The predicted octanol–water partition coefficient (Wildman–Crippen LogP) is 2.65. The molecule has 3 aromatic rings. The molecule has 8 heteroatoms. The number of fused-ring (bicyclic) bond motifs is 2. The molecule has 0 saturated carbocycles. The van der Waals surface area contributed by atoms with E-state index in [1.54, 1.807) is 54.6 Å². The van der Waals surface area contributed by atoms with E-state index in [0.29, 0.717) is 21.5 Å². The number of hydrogen-bond acceptors (Lipinski definition) is 4. The molecule has 3 rings (SSSR count). The van der Waals surface area contributed by atoms with Crippen molar-refractivity contribution in [2.75, 3.05) is 0 Å². The molecule has 8 nitrogen and oxygen atoms in total. The zero-order valence-electron chi connectivity index (χ0n) is 14.9. The van der Waals surface area contributed by atoms with Gasteiger partial charge in [0, 0.05) is 5.92 Å². The molecular weight excluding hydrogens is 380 g/mol. The van der Waals surface area contributed by atoms with Gasteiger partial charge in [0.25, 0.3) is 0 Å². The van der Waals surface area contributed by atoms with Gasteiger partial charge in [-0.3, -0.25) is 19.2 Å². The maximum Gasteiger partial charge on any atom is 0.318 e. The molecular formula is C21H16O8. The second kappa shape index (κ2) is 7.59. The molecule has 0 spiro atoms. The highest BCUT2D eigenvalue weighted by molar-refractivity contribution is 6.07. The predicted molar refractivity (Wildman–Crippen MR) is 102 cm³/mol. The van der Waals surface area contributed by atoms with E-state index in [1.165, 1.54) is 0 Å². The smallest absolute Gasteiger partial charge is 0.318 e. The molecule has 0 aliphatic heterocycles. The van der Waals surface area contributed by atoms with E-state index in [1.807, 2.05) is 0 Å². The van der Waals surface area contributed by atoms with Crippen LogP contribution in [0.1, 0.15) is 11.5 Å². The Balaban J connectivity index is 2.51. The van der Waals surface area contributed by atoms with Crippen LogP contribution in [0.2, 0.25) is 0 Å². The van der Waals surface area contributed by atoms with Crippen LogP contribution in [-0.2, 0) is 19.2 Å². The molecule has 0 amide bonds. The molecule has 0 heterocycles. The quantitative estimate of drug-likeness (QED) is 0.352. The molecule has 3 aromatic carbocycles. The molecule has 0 aromatic heterocycles. The molecule has 0 saturated heterocycles. The lowest BCUT2D eigenvalue weighted by Crippen LogP contribution is -2.40. The molecule has 0 aliphatic rings. The summed E-state index contributed by atoms with van der Waals surface area (Å²) in [6, 6.07) is 15.1. The van der Waals surface area contributed by atoms with Crippen LogP contribution in [0.3, 0.4) is 0 Å². The number of carboxylic acids is 4. The molecule has 0 fully saturated rings. The summed E-state index contributed by atoms with van der Waals surface area (Å²) >= 11 is 0. The number of benzene rings is 3. The average Bonchev–Trinajstić information content (AvgIpc) is 2.64. The van der Waals surface area contributed by atoms with Crippen molar-refractivity contribution < 1.29 is 39.6 Å². The Labute approximate surface area is 163 Å². The lowest BCUT2D eigenvalue weighted by molar-refractivity contribution is -0.161. The Morgan fingerprint density at radius 3 is 1.28 bits per heavy atom. The van der Waals surface area contributed by atoms with Crippen molar-refractivity contribution in [1.82, 2.24) is 0 Å². The summed E-state index contributed by atoms with van der Waals surface area (Å²) < 4.78 is 0. The van der Waals surface area contributed by atoms with E-state index in [9.17, 15) is 39.6 Å². The van der Waals surface area contributed by atoms with E-state index < -0.39 is 41.6 Å². The van der Waals surface area contributed by atoms with Crippen LogP contribution in [0.25, 0.3) is 21.5 Å². The monoisotopic (exact) mass is 396 g/mol. The van der Waals surface area contributed by atoms with Gasteiger partial charge in [0.2, 0.25) is 0 Å². The van der Waals surface area contributed by atoms with Crippen LogP contribution in [-0.4, -0.2) is 44.3 Å². The summed E-state index contributed by atoms with van der Waals surface area (Å²) in [6.07, 6.45) is 0. The summed E-state index contributed by atoms with van der Waals surface area (Å²) in [6.45, 7) is 0. The van der Waals surface area contributed by atoms with Crippen LogP contribution < -0.4 is 0 Å². The first-order valence-corrected chi connectivity index (χ1v) is 8.55. The maximum atomic E-state index is 11.8. The van der Waals surface area contributed by atoms with Gasteiger partial charge in [-0.25, -0.2) is 0 Å². The van der Waals surface area contributed by atoms with Crippen LogP contribution in [0.4, 0.5) is 0 Å². The first-order valence-electron chi connectivity index (χ1n) is 8.55. The third-order valence-corrected chi connectivity index (χ3v) is 4.93. The Kier molecular flexibility index (Phi) is 5.18. The minimum atomic E-state index is -2.28. The van der Waals surface area contributed by atoms with E-state index in [2.05, 4.69) is 0 Å². The van der Waals surface area contributed by atoms with E-state index in [4.69, 9.17) is 0 Å². The minimum absolute atomic E-state index is 0.0725. The highest BCUT2D eigenvalue weighted by Crippen LogP contribution is 2.42. The van der Waals surface area contributed by atoms with Crippen molar-refractivity contribution in [3.63, 3.8) is 0 Å². The normalized spacial score (nSPS) is 11.4. The van der Waals surface area contributed by atoms with Crippen LogP contribution in [0.5, 0.6) is 0 Å². The SMILES string of the molecule is O=C(O)C(C(=O)O)C(c1c2ccccc2cc2ccccc12)C(C(=O)O)C(=O)O. The van der Waals surface area contributed by atoms with Crippen molar-refractivity contribution >= 4 is 45.4 Å². The number of aliphatic carboxylic acids is 4. The fourth-order valence-corrected chi connectivity index (χ4v) is 3.76. The van der Waals surface area contributed by atoms with E-state index in [-0.39, 0.29) is 5.56 Å². The second-order valence-electron chi connectivity index (χ2n) is 6.57. The largest absolute Gasteiger partial charge is 0.481 e. The lowest BCUT2D eigenvalue weighted by Gasteiger charge is -2.27. The number of carbonyl (C=O) groups is 4. The summed E-state index contributed by atoms with van der Waals surface area (Å²) in [5, 5.41) is 40.3. The van der Waals surface area contributed by atoms with Gasteiger partial charge in [-0.15, -0.1) is 0 Å². The molecule has 0 radical (unpaired) electrons. The molecule has 0 aliphatic carbocycles. The van der Waals surface area contributed by atoms with Crippen LogP contribution in [0.15, 0.2) is 54.6 Å². The number of rotatable bonds is 7. The van der Waals surface area contributed by atoms with Gasteiger partial charge in [-0.1, -0.05) is 48.5 Å². The molecule has 29 heavy (non-hydrogen) atoms. The zero-order chi connectivity index (χ0) is 21.3. The van der Waals surface area contributed by atoms with E-state index in [0.717, 1.165) is 0 Å². The fourth-order valence-electron chi connectivity index (χ4n) is 3.76. The topological polar surface area (TPSA) is 149 Å². The summed E-state index contributed by atoms with van der Waals surface area (Å²) in [5.74, 6) is -13.7. The molecule has 4 N–H and O–H groups in total. The van der Waals surface area contributed by atoms with Crippen molar-refractivity contribution in [3.8, 4) is 0 Å². The van der Waals surface area contributed by atoms with Crippen molar-refractivity contribution in [2.24, 2.45) is 11.8 Å². The minimum Gasteiger partial charge on any atom is -0.481 e. The lowest BCUT2D eigenvalue weighted by atomic mass is 9.73. The van der Waals surface area contributed by atoms with Gasteiger partial charge in [0.1, 0.15) is 0 Å². The third kappa shape index (κ3) is 3.47. The standard InChI is InChI=1S/C21H16O8/c22-18(23)16(19(24)25)15(17(20(26)27)21(28)29)14-12-7-3-1-5-10(12)9-11-6-2-4-8-13(11)14/h1-9,15-17H,(H,22,23)(H,24,25)(H,26,27)(H,28,29). The molecule has 0 unspecified atom stereocenters. The van der Waals surface area contributed by atoms with Crippen molar-refractivity contribution in [1.29, 1.82) is 0 Å². The summed E-state index contributed by atoms with van der Waals surface area (Å²) in [5.41, 5.74) is 0.0725. The third-order valence-electron chi connectivity index (χ3n) is 4.93. The fraction of sp³-hybridized carbons (Fsp3) is 0.143. The van der Waals surface area contributed by atoms with Crippen LogP contribution in [0, 0.1) is 11.8 Å². The molecule has 148 valence electrons. The van der Waals surface area contributed by atoms with Crippen molar-refractivity contribution in [2.45, 2.75) is 5.92 Å². The maximum absolute atomic E-state index is 11.8. The Hall–Kier alpha value is -3.94. The van der Waals surface area contributed by atoms with E-state index >= 15 is 0 Å². The Morgan fingerprint density at radius 2 is 0.931 bits per heavy atom. The first-order chi connectivity index (χ1) is 13.7. The Bertz CT molecular complexity index is 1040. The highest BCUT2D eigenvalue weighted by atomic mass is 16.4. The number of hydrogen-bond donors (Lipinski definition) is 4. The van der Waals surface area contributed by atoms with Gasteiger partial charge >= 0.3 is 23.9 Å². The van der Waals surface area contributed by atoms with Gasteiger partial charge < -0.3 is 20.4 Å². The van der Waals surface area contributed by atoms with Crippen molar-refractivity contribution in [3.05, 3.63) is 60.2 Å². The van der Waals surface area contributed by atoms with Gasteiger partial charge in [-0.05, 0) is 33.2 Å². The van der Waals surface area contributed by atoms with Gasteiger partial charge in [0.15, 0.2) is 11.8 Å². The second-order valence-corrected chi connectivity index (χ2v) is 6.57. The van der Waals surface area contributed by atoms with Gasteiger partial charge in [-0.2, -0.15) is 0 Å². The van der Waals surface area contributed by atoms with Crippen LogP contribution >= 0.6 is 0 Å².